The van der Waals surface area contributed by atoms with Crippen molar-refractivity contribution in [2.45, 2.75) is 44.8 Å². The Morgan fingerprint density at radius 2 is 1.90 bits per heavy atom. The van der Waals surface area contributed by atoms with Gasteiger partial charge in [0.05, 0.1) is 11.7 Å². The molecule has 1 saturated carbocycles. The summed E-state index contributed by atoms with van der Waals surface area (Å²) in [5, 5.41) is 12.3. The highest BCUT2D eigenvalue weighted by molar-refractivity contribution is 5.87. The fourth-order valence-electron chi connectivity index (χ4n) is 2.96. The minimum Gasteiger partial charge on any atom is -0.478 e. The molecule has 4 nitrogen and oxygen atoms in total. The Kier molecular flexibility index (Phi) is 6.21. The van der Waals surface area contributed by atoms with Crippen molar-refractivity contribution in [3.05, 3.63) is 35.4 Å². The maximum absolute atomic E-state index is 10.8. The van der Waals surface area contributed by atoms with Gasteiger partial charge in [0.2, 0.25) is 0 Å². The van der Waals surface area contributed by atoms with Crippen LogP contribution in [0.5, 0.6) is 0 Å². The van der Waals surface area contributed by atoms with Gasteiger partial charge in [-0.05, 0) is 62.3 Å². The van der Waals surface area contributed by atoms with Crippen LogP contribution in [-0.2, 0) is 11.3 Å². The van der Waals surface area contributed by atoms with Crippen molar-refractivity contribution in [1.29, 1.82) is 0 Å². The monoisotopic (exact) mass is 291 g/mol. The number of carboxylic acid groups (broad SMARTS) is 1. The lowest BCUT2D eigenvalue weighted by atomic mass is 9.85. The van der Waals surface area contributed by atoms with E-state index in [0.717, 1.165) is 24.6 Å². The van der Waals surface area contributed by atoms with Crippen LogP contribution in [0.2, 0.25) is 0 Å². The highest BCUT2D eigenvalue weighted by Crippen LogP contribution is 2.27. The molecular formula is C17H25NO3. The zero-order chi connectivity index (χ0) is 15.1. The number of benzene rings is 1. The molecule has 4 heteroatoms. The fourth-order valence-corrected chi connectivity index (χ4v) is 2.96. The number of methoxy groups -OCH3 is 1. The lowest BCUT2D eigenvalue weighted by Gasteiger charge is -2.27. The molecule has 21 heavy (non-hydrogen) atoms. The zero-order valence-electron chi connectivity index (χ0n) is 12.7. The maximum Gasteiger partial charge on any atom is 0.335 e. The number of carbonyl (C=O) groups is 1. The van der Waals surface area contributed by atoms with Gasteiger partial charge in [-0.3, -0.25) is 0 Å². The highest BCUT2D eigenvalue weighted by Gasteiger charge is 2.20. The van der Waals surface area contributed by atoms with Gasteiger partial charge in [0.25, 0.3) is 0 Å². The first-order valence-electron chi connectivity index (χ1n) is 7.74. The zero-order valence-corrected chi connectivity index (χ0v) is 12.7. The van der Waals surface area contributed by atoms with E-state index < -0.39 is 5.97 Å². The van der Waals surface area contributed by atoms with E-state index in [0.29, 0.717) is 11.7 Å². The molecule has 1 fully saturated rings. The van der Waals surface area contributed by atoms with E-state index in [4.69, 9.17) is 9.84 Å². The quantitative estimate of drug-likeness (QED) is 0.758. The Morgan fingerprint density at radius 3 is 2.48 bits per heavy atom. The molecule has 0 aliphatic heterocycles. The molecule has 0 atom stereocenters. The Hall–Kier alpha value is -1.39. The second kappa shape index (κ2) is 8.15. The second-order valence-electron chi connectivity index (χ2n) is 5.85. The summed E-state index contributed by atoms with van der Waals surface area (Å²) in [7, 11) is 1.81. The van der Waals surface area contributed by atoms with E-state index in [1.165, 1.54) is 32.1 Å². The van der Waals surface area contributed by atoms with Gasteiger partial charge in [0.1, 0.15) is 0 Å². The predicted octanol–water partition coefficient (Wildman–Crippen LogP) is 3.07. The molecule has 1 aliphatic rings. The number of hydrogen-bond acceptors (Lipinski definition) is 3. The number of nitrogens with one attached hydrogen (secondary N) is 1. The van der Waals surface area contributed by atoms with Crippen LogP contribution in [0.25, 0.3) is 0 Å². The van der Waals surface area contributed by atoms with Crippen molar-refractivity contribution >= 4 is 5.97 Å². The minimum atomic E-state index is -0.874. The van der Waals surface area contributed by atoms with Crippen LogP contribution in [0.4, 0.5) is 0 Å². The van der Waals surface area contributed by atoms with E-state index in [-0.39, 0.29) is 0 Å². The molecule has 0 bridgehead atoms. The van der Waals surface area contributed by atoms with Crippen molar-refractivity contribution < 1.29 is 14.6 Å². The third kappa shape index (κ3) is 5.14. The number of hydrogen-bond donors (Lipinski definition) is 2. The topological polar surface area (TPSA) is 58.6 Å². The SMILES string of the molecule is COC1CCC(CCNCc2ccc(C(=O)O)cc2)CC1. The molecule has 1 aliphatic carbocycles. The van der Waals surface area contributed by atoms with Gasteiger partial charge >= 0.3 is 5.97 Å². The van der Waals surface area contributed by atoms with E-state index in [1.54, 1.807) is 12.1 Å². The summed E-state index contributed by atoms with van der Waals surface area (Å²) in [6.45, 7) is 1.82. The summed E-state index contributed by atoms with van der Waals surface area (Å²) in [5.41, 5.74) is 1.47. The molecule has 116 valence electrons. The van der Waals surface area contributed by atoms with Gasteiger partial charge in [-0.2, -0.15) is 0 Å². The van der Waals surface area contributed by atoms with Crippen LogP contribution in [0.15, 0.2) is 24.3 Å². The first kappa shape index (κ1) is 16.0. The molecule has 0 saturated heterocycles. The average Bonchev–Trinajstić information content (AvgIpc) is 2.52. The molecule has 1 aromatic rings. The largest absolute Gasteiger partial charge is 0.478 e. The molecule has 2 N–H and O–H groups in total. The lowest BCUT2D eigenvalue weighted by Crippen LogP contribution is -2.24. The molecular weight excluding hydrogens is 266 g/mol. The molecule has 0 spiro atoms. The smallest absolute Gasteiger partial charge is 0.335 e. The molecule has 0 heterocycles. The van der Waals surface area contributed by atoms with Crippen molar-refractivity contribution in [2.24, 2.45) is 5.92 Å². The van der Waals surface area contributed by atoms with E-state index >= 15 is 0 Å². The molecule has 1 aromatic carbocycles. The second-order valence-corrected chi connectivity index (χ2v) is 5.85. The average molecular weight is 291 g/mol. The van der Waals surface area contributed by atoms with Gasteiger partial charge in [0.15, 0.2) is 0 Å². The molecule has 0 amide bonds. The first-order valence-corrected chi connectivity index (χ1v) is 7.74. The number of ether oxygens (including phenoxy) is 1. The Labute approximate surface area is 126 Å². The van der Waals surface area contributed by atoms with Crippen molar-refractivity contribution in [2.75, 3.05) is 13.7 Å². The standard InChI is InChI=1S/C17H25NO3/c1-21-16-8-4-13(5-9-16)10-11-18-12-14-2-6-15(7-3-14)17(19)20/h2-3,6-7,13,16,18H,4-5,8-12H2,1H3,(H,19,20). The van der Waals surface area contributed by atoms with Gasteiger partial charge in [-0.1, -0.05) is 12.1 Å². The fraction of sp³-hybridized carbons (Fsp3) is 0.588. The van der Waals surface area contributed by atoms with Gasteiger partial charge in [-0.25, -0.2) is 4.79 Å². The normalized spacial score (nSPS) is 22.1. The highest BCUT2D eigenvalue weighted by atomic mass is 16.5. The molecule has 0 radical (unpaired) electrons. The van der Waals surface area contributed by atoms with Crippen LogP contribution < -0.4 is 5.32 Å². The Morgan fingerprint density at radius 1 is 1.24 bits per heavy atom. The maximum atomic E-state index is 10.8. The minimum absolute atomic E-state index is 0.341. The van der Waals surface area contributed by atoms with Crippen LogP contribution in [0, 0.1) is 5.92 Å². The van der Waals surface area contributed by atoms with Gasteiger partial charge in [0, 0.05) is 13.7 Å². The van der Waals surface area contributed by atoms with Crippen LogP contribution in [0.3, 0.4) is 0 Å². The Bertz CT molecular complexity index is 436. The molecule has 0 aromatic heterocycles. The van der Waals surface area contributed by atoms with Crippen molar-refractivity contribution in [3.8, 4) is 0 Å². The number of carboxylic acids is 1. The third-order valence-electron chi connectivity index (χ3n) is 4.39. The Balaban J connectivity index is 1.62. The van der Waals surface area contributed by atoms with E-state index in [1.807, 2.05) is 19.2 Å². The summed E-state index contributed by atoms with van der Waals surface area (Å²) >= 11 is 0. The summed E-state index contributed by atoms with van der Waals surface area (Å²) in [5.74, 6) is -0.0561. The third-order valence-corrected chi connectivity index (χ3v) is 4.39. The van der Waals surface area contributed by atoms with Crippen molar-refractivity contribution in [1.82, 2.24) is 5.32 Å². The summed E-state index contributed by atoms with van der Waals surface area (Å²) in [4.78, 5) is 10.8. The van der Waals surface area contributed by atoms with Crippen LogP contribution in [0.1, 0.15) is 48.0 Å². The summed E-state index contributed by atoms with van der Waals surface area (Å²) in [6.07, 6.45) is 6.61. The lowest BCUT2D eigenvalue weighted by molar-refractivity contribution is 0.0556. The van der Waals surface area contributed by atoms with Gasteiger partial charge in [-0.15, -0.1) is 0 Å². The molecule has 2 rings (SSSR count). The number of aromatic carboxylic acids is 1. The van der Waals surface area contributed by atoms with Gasteiger partial charge < -0.3 is 15.2 Å². The predicted molar refractivity (Wildman–Crippen MR) is 82.5 cm³/mol. The summed E-state index contributed by atoms with van der Waals surface area (Å²) < 4.78 is 5.39. The van der Waals surface area contributed by atoms with E-state index in [9.17, 15) is 4.79 Å². The van der Waals surface area contributed by atoms with Crippen molar-refractivity contribution in [3.63, 3.8) is 0 Å². The van der Waals surface area contributed by atoms with Crippen LogP contribution >= 0.6 is 0 Å². The number of rotatable bonds is 7. The summed E-state index contributed by atoms with van der Waals surface area (Å²) in [6, 6.07) is 7.07. The van der Waals surface area contributed by atoms with Crippen LogP contribution in [-0.4, -0.2) is 30.8 Å². The molecule has 0 unspecified atom stereocenters. The van der Waals surface area contributed by atoms with E-state index in [2.05, 4.69) is 5.32 Å². The first-order chi connectivity index (χ1) is 10.2.